The summed E-state index contributed by atoms with van der Waals surface area (Å²) in [5.74, 6) is 0. The van der Waals surface area contributed by atoms with Crippen LogP contribution in [0, 0.1) is 25.2 Å². The second kappa shape index (κ2) is 5.27. The largest absolute Gasteiger partial charge is 0.488 e. The average molecular weight is 251 g/mol. The summed E-state index contributed by atoms with van der Waals surface area (Å²) in [7, 11) is -1.45. The van der Waals surface area contributed by atoms with Crippen LogP contribution in [0.1, 0.15) is 16.7 Å². The molecule has 0 bridgehead atoms. The molecular formula is C15H14BNO2. The van der Waals surface area contributed by atoms with Crippen molar-refractivity contribution in [2.45, 2.75) is 13.8 Å². The van der Waals surface area contributed by atoms with Gasteiger partial charge in [0, 0.05) is 0 Å². The molecule has 0 unspecified atom stereocenters. The number of rotatable bonds is 2. The van der Waals surface area contributed by atoms with Crippen LogP contribution >= 0.6 is 0 Å². The predicted octanol–water partition coefficient (Wildman–Crippen LogP) is 1.52. The van der Waals surface area contributed by atoms with Gasteiger partial charge in [-0.15, -0.1) is 0 Å². The van der Waals surface area contributed by atoms with E-state index in [0.717, 1.165) is 22.3 Å². The SMILES string of the molecule is Cc1cc(C#N)cc(C)c1-c1ccc(B(O)O)cc1. The van der Waals surface area contributed by atoms with Crippen molar-refractivity contribution in [1.82, 2.24) is 0 Å². The van der Waals surface area contributed by atoms with Crippen molar-refractivity contribution in [3.63, 3.8) is 0 Å². The smallest absolute Gasteiger partial charge is 0.423 e. The third-order valence-electron chi connectivity index (χ3n) is 3.16. The van der Waals surface area contributed by atoms with Gasteiger partial charge in [-0.2, -0.15) is 5.26 Å². The molecule has 0 heterocycles. The van der Waals surface area contributed by atoms with Gasteiger partial charge in [-0.05, 0) is 53.7 Å². The fourth-order valence-electron chi connectivity index (χ4n) is 2.31. The molecule has 0 aliphatic rings. The second-order valence-corrected chi connectivity index (χ2v) is 4.59. The first-order chi connectivity index (χ1) is 9.02. The number of nitriles is 1. The van der Waals surface area contributed by atoms with Gasteiger partial charge in [0.2, 0.25) is 0 Å². The number of hydrogen-bond donors (Lipinski definition) is 2. The van der Waals surface area contributed by atoms with E-state index in [1.54, 1.807) is 12.1 Å². The van der Waals surface area contributed by atoms with Gasteiger partial charge in [-0.25, -0.2) is 0 Å². The Labute approximate surface area is 112 Å². The van der Waals surface area contributed by atoms with Crippen LogP contribution in [0.4, 0.5) is 0 Å². The zero-order valence-corrected chi connectivity index (χ0v) is 10.9. The van der Waals surface area contributed by atoms with Gasteiger partial charge in [0.05, 0.1) is 11.6 Å². The maximum Gasteiger partial charge on any atom is 0.488 e. The lowest BCUT2D eigenvalue weighted by atomic mass is 9.79. The topological polar surface area (TPSA) is 64.2 Å². The van der Waals surface area contributed by atoms with Crippen molar-refractivity contribution in [2.24, 2.45) is 0 Å². The van der Waals surface area contributed by atoms with Crippen molar-refractivity contribution in [1.29, 1.82) is 5.26 Å². The van der Waals surface area contributed by atoms with E-state index in [2.05, 4.69) is 6.07 Å². The van der Waals surface area contributed by atoms with Crippen molar-refractivity contribution in [3.05, 3.63) is 53.1 Å². The standard InChI is InChI=1S/C15H14BNO2/c1-10-7-12(9-17)8-11(2)15(10)13-3-5-14(6-4-13)16(18)19/h3-8,18-19H,1-2H3. The number of nitrogens with zero attached hydrogens (tertiary/aromatic N) is 1. The van der Waals surface area contributed by atoms with E-state index in [1.807, 2.05) is 38.1 Å². The van der Waals surface area contributed by atoms with Gasteiger partial charge < -0.3 is 10.0 Å². The molecule has 19 heavy (non-hydrogen) atoms. The summed E-state index contributed by atoms with van der Waals surface area (Å²) in [6.45, 7) is 3.94. The van der Waals surface area contributed by atoms with Crippen molar-refractivity contribution >= 4 is 12.6 Å². The Morgan fingerprint density at radius 3 is 1.95 bits per heavy atom. The van der Waals surface area contributed by atoms with Gasteiger partial charge in [-0.3, -0.25) is 0 Å². The molecule has 3 nitrogen and oxygen atoms in total. The molecule has 0 saturated carbocycles. The Morgan fingerprint density at radius 2 is 1.53 bits per heavy atom. The fourth-order valence-corrected chi connectivity index (χ4v) is 2.31. The highest BCUT2D eigenvalue weighted by Gasteiger charge is 2.12. The first-order valence-electron chi connectivity index (χ1n) is 6.00. The van der Waals surface area contributed by atoms with E-state index in [-0.39, 0.29) is 0 Å². The molecule has 2 aromatic rings. The predicted molar refractivity (Wildman–Crippen MR) is 75.9 cm³/mol. The van der Waals surface area contributed by atoms with Gasteiger partial charge in [0.1, 0.15) is 0 Å². The summed E-state index contributed by atoms with van der Waals surface area (Å²) in [6.07, 6.45) is 0. The minimum absolute atomic E-state index is 0.465. The minimum atomic E-state index is -1.45. The summed E-state index contributed by atoms with van der Waals surface area (Å²) in [5.41, 5.74) is 5.28. The third kappa shape index (κ3) is 2.68. The van der Waals surface area contributed by atoms with Crippen LogP contribution in [0.2, 0.25) is 0 Å². The Bertz CT molecular complexity index is 619. The first kappa shape index (κ1) is 13.3. The Balaban J connectivity index is 2.50. The van der Waals surface area contributed by atoms with E-state index in [4.69, 9.17) is 15.3 Å². The van der Waals surface area contributed by atoms with Crippen molar-refractivity contribution < 1.29 is 10.0 Å². The lowest BCUT2D eigenvalue weighted by Crippen LogP contribution is -2.29. The van der Waals surface area contributed by atoms with E-state index >= 15 is 0 Å². The van der Waals surface area contributed by atoms with Gasteiger partial charge in [0.25, 0.3) is 0 Å². The molecule has 2 N–H and O–H groups in total. The van der Waals surface area contributed by atoms with Crippen LogP contribution in [0.3, 0.4) is 0 Å². The monoisotopic (exact) mass is 251 g/mol. The fraction of sp³-hybridized carbons (Fsp3) is 0.133. The molecule has 0 atom stereocenters. The molecule has 0 spiro atoms. The molecule has 0 aromatic heterocycles. The molecular weight excluding hydrogens is 237 g/mol. The van der Waals surface area contributed by atoms with E-state index in [0.29, 0.717) is 11.0 Å². The molecule has 0 aliphatic carbocycles. The summed E-state index contributed by atoms with van der Waals surface area (Å²) in [6, 6.07) is 13.0. The lowest BCUT2D eigenvalue weighted by Gasteiger charge is -2.11. The van der Waals surface area contributed by atoms with Crippen molar-refractivity contribution in [3.8, 4) is 17.2 Å². The third-order valence-corrected chi connectivity index (χ3v) is 3.16. The first-order valence-corrected chi connectivity index (χ1v) is 6.00. The van der Waals surface area contributed by atoms with E-state index < -0.39 is 7.12 Å². The second-order valence-electron chi connectivity index (χ2n) is 4.59. The number of aryl methyl sites for hydroxylation is 2. The summed E-state index contributed by atoms with van der Waals surface area (Å²) < 4.78 is 0. The molecule has 4 heteroatoms. The van der Waals surface area contributed by atoms with Gasteiger partial charge in [0.15, 0.2) is 0 Å². The highest BCUT2D eigenvalue weighted by atomic mass is 16.4. The maximum absolute atomic E-state index is 9.08. The van der Waals surface area contributed by atoms with Crippen LogP contribution in [-0.4, -0.2) is 17.2 Å². The van der Waals surface area contributed by atoms with Crippen LogP contribution in [0.15, 0.2) is 36.4 Å². The molecule has 94 valence electrons. The number of hydrogen-bond acceptors (Lipinski definition) is 3. The molecule has 0 amide bonds. The number of benzene rings is 2. The normalized spacial score (nSPS) is 10.1. The van der Waals surface area contributed by atoms with Gasteiger partial charge in [-0.1, -0.05) is 24.3 Å². The summed E-state index contributed by atoms with van der Waals surface area (Å²) in [5, 5.41) is 27.1. The van der Waals surface area contributed by atoms with E-state index in [1.165, 1.54) is 0 Å². The molecule has 0 fully saturated rings. The summed E-state index contributed by atoms with van der Waals surface area (Å²) in [4.78, 5) is 0. The Morgan fingerprint density at radius 1 is 1.00 bits per heavy atom. The molecule has 0 aliphatic heterocycles. The van der Waals surface area contributed by atoms with Crippen LogP contribution < -0.4 is 5.46 Å². The maximum atomic E-state index is 9.08. The van der Waals surface area contributed by atoms with Crippen LogP contribution in [-0.2, 0) is 0 Å². The Kier molecular flexibility index (Phi) is 3.70. The van der Waals surface area contributed by atoms with E-state index in [9.17, 15) is 0 Å². The average Bonchev–Trinajstić information content (AvgIpc) is 2.38. The minimum Gasteiger partial charge on any atom is -0.423 e. The molecule has 2 rings (SSSR count). The van der Waals surface area contributed by atoms with Crippen LogP contribution in [0.25, 0.3) is 11.1 Å². The van der Waals surface area contributed by atoms with Crippen LogP contribution in [0.5, 0.6) is 0 Å². The molecule has 2 aromatic carbocycles. The quantitative estimate of drug-likeness (QED) is 0.795. The highest BCUT2D eigenvalue weighted by molar-refractivity contribution is 6.58. The lowest BCUT2D eigenvalue weighted by molar-refractivity contribution is 0.426. The zero-order chi connectivity index (χ0) is 14.0. The summed E-state index contributed by atoms with van der Waals surface area (Å²) >= 11 is 0. The van der Waals surface area contributed by atoms with Crippen molar-refractivity contribution in [2.75, 3.05) is 0 Å². The molecule has 0 saturated heterocycles. The molecule has 0 radical (unpaired) electrons. The van der Waals surface area contributed by atoms with Gasteiger partial charge >= 0.3 is 7.12 Å². The Hall–Kier alpha value is -2.09. The highest BCUT2D eigenvalue weighted by Crippen LogP contribution is 2.27. The zero-order valence-electron chi connectivity index (χ0n) is 10.9.